The molecular weight excluding hydrogens is 737 g/mol. The predicted octanol–water partition coefficient (Wildman–Crippen LogP) is 13.3. The molecule has 0 unspecified atom stereocenters. The Hall–Kier alpha value is -6.22. The summed E-state index contributed by atoms with van der Waals surface area (Å²) >= 11 is 1.72. The lowest BCUT2D eigenvalue weighted by molar-refractivity contribution is 1.05. The summed E-state index contributed by atoms with van der Waals surface area (Å²) in [6.07, 6.45) is 9.77. The Morgan fingerprint density at radius 2 is 1.09 bits per heavy atom. The van der Waals surface area contributed by atoms with Gasteiger partial charge in [-0.1, -0.05) is 122 Å². The summed E-state index contributed by atoms with van der Waals surface area (Å²) in [6, 6.07) is 57.3. The van der Waals surface area contributed by atoms with Crippen LogP contribution in [0.3, 0.4) is 0 Å². The number of aromatic nitrogens is 4. The monoisotopic (exact) mass is 778 g/mol. The van der Waals surface area contributed by atoms with Gasteiger partial charge in [-0.2, -0.15) is 10.0 Å². The minimum absolute atomic E-state index is 0.539. The van der Waals surface area contributed by atoms with Gasteiger partial charge in [0.25, 0.3) is 0 Å². The van der Waals surface area contributed by atoms with Gasteiger partial charge >= 0.3 is 0 Å². The SMILES string of the molecule is CCc1ccccc1N(c1ccccc1SC)c1ncc(N2c3ccccc3S(C)(C)c3ccccc32)cc1-c1nc(-c2ccccc2)nc(-c2ccccc2)n1. The number of rotatable bonds is 9. The van der Waals surface area contributed by atoms with E-state index in [-0.39, 0.29) is 0 Å². The van der Waals surface area contributed by atoms with E-state index in [2.05, 4.69) is 139 Å². The molecule has 0 saturated carbocycles. The fraction of sp³-hybridized carbons (Fsp3) is 0.102. The number of pyridine rings is 1. The summed E-state index contributed by atoms with van der Waals surface area (Å²) in [7, 11) is -1.29. The molecule has 57 heavy (non-hydrogen) atoms. The predicted molar refractivity (Wildman–Crippen MR) is 240 cm³/mol. The molecule has 280 valence electrons. The van der Waals surface area contributed by atoms with E-state index in [0.717, 1.165) is 62.3 Å². The van der Waals surface area contributed by atoms with E-state index in [1.165, 1.54) is 15.4 Å². The van der Waals surface area contributed by atoms with Gasteiger partial charge in [0.15, 0.2) is 17.5 Å². The summed E-state index contributed by atoms with van der Waals surface area (Å²) < 4.78 is 0. The van der Waals surface area contributed by atoms with Crippen LogP contribution in [0.5, 0.6) is 0 Å². The second-order valence-corrected chi connectivity index (χ2v) is 18.6. The number of anilines is 6. The van der Waals surface area contributed by atoms with Crippen LogP contribution in [-0.2, 0) is 6.42 Å². The normalized spacial score (nSPS) is 13.4. The van der Waals surface area contributed by atoms with Gasteiger partial charge in [-0.05, 0) is 79.3 Å². The maximum absolute atomic E-state index is 5.50. The fourth-order valence-electron chi connectivity index (χ4n) is 7.71. The van der Waals surface area contributed by atoms with E-state index in [4.69, 9.17) is 19.9 Å². The first-order chi connectivity index (χ1) is 28.0. The highest BCUT2D eigenvalue weighted by Crippen LogP contribution is 2.67. The Morgan fingerprint density at radius 3 is 1.68 bits per heavy atom. The van der Waals surface area contributed by atoms with E-state index in [9.17, 15) is 0 Å². The molecule has 0 spiro atoms. The van der Waals surface area contributed by atoms with E-state index >= 15 is 0 Å². The number of aryl methyl sites for hydroxylation is 1. The molecule has 8 aromatic rings. The lowest BCUT2D eigenvalue weighted by Crippen LogP contribution is -2.21. The first-order valence-electron chi connectivity index (χ1n) is 19.1. The van der Waals surface area contributed by atoms with Crippen molar-refractivity contribution in [3.63, 3.8) is 0 Å². The molecule has 6 nitrogen and oxygen atoms in total. The minimum atomic E-state index is -1.29. The molecule has 0 aliphatic carbocycles. The summed E-state index contributed by atoms with van der Waals surface area (Å²) in [5.74, 6) is 2.46. The second kappa shape index (κ2) is 15.4. The molecular formula is C49H42N6S2. The van der Waals surface area contributed by atoms with E-state index in [1.807, 2.05) is 66.9 Å². The van der Waals surface area contributed by atoms with Gasteiger partial charge in [-0.15, -0.1) is 11.8 Å². The molecule has 0 N–H and O–H groups in total. The lowest BCUT2D eigenvalue weighted by Gasteiger charge is -2.45. The molecule has 6 aromatic carbocycles. The van der Waals surface area contributed by atoms with Crippen LogP contribution in [0.2, 0.25) is 0 Å². The zero-order chi connectivity index (χ0) is 38.9. The van der Waals surface area contributed by atoms with Gasteiger partial charge in [0, 0.05) is 25.8 Å². The van der Waals surface area contributed by atoms with E-state index in [0.29, 0.717) is 17.5 Å². The Kier molecular flexibility index (Phi) is 9.82. The molecule has 1 aliphatic rings. The largest absolute Gasteiger partial charge is 0.307 e. The van der Waals surface area contributed by atoms with Crippen LogP contribution in [0.1, 0.15) is 12.5 Å². The first-order valence-corrected chi connectivity index (χ1v) is 22.7. The van der Waals surface area contributed by atoms with Crippen molar-refractivity contribution < 1.29 is 0 Å². The summed E-state index contributed by atoms with van der Waals surface area (Å²) in [4.78, 5) is 29.6. The number of hydrogen-bond donors (Lipinski definition) is 0. The molecule has 3 heterocycles. The zero-order valence-corrected chi connectivity index (χ0v) is 34.0. The van der Waals surface area contributed by atoms with E-state index in [1.54, 1.807) is 11.8 Å². The van der Waals surface area contributed by atoms with Crippen molar-refractivity contribution in [1.29, 1.82) is 0 Å². The second-order valence-electron chi connectivity index (χ2n) is 14.2. The summed E-state index contributed by atoms with van der Waals surface area (Å²) in [5, 5.41) is 0. The molecule has 8 heteroatoms. The average Bonchev–Trinajstić information content (AvgIpc) is 3.28. The number of fused-ring (bicyclic) bond motifs is 2. The maximum atomic E-state index is 5.50. The van der Waals surface area contributed by atoms with Gasteiger partial charge in [0.1, 0.15) is 5.82 Å². The Morgan fingerprint density at radius 1 is 0.579 bits per heavy atom. The molecule has 0 saturated heterocycles. The number of thioether (sulfide) groups is 1. The van der Waals surface area contributed by atoms with Crippen molar-refractivity contribution in [2.45, 2.75) is 28.0 Å². The van der Waals surface area contributed by atoms with Crippen LogP contribution in [0, 0.1) is 0 Å². The van der Waals surface area contributed by atoms with Crippen molar-refractivity contribution in [1.82, 2.24) is 19.9 Å². The van der Waals surface area contributed by atoms with Crippen molar-refractivity contribution in [2.75, 3.05) is 28.6 Å². The third-order valence-electron chi connectivity index (χ3n) is 10.5. The van der Waals surface area contributed by atoms with Gasteiger partial charge in [0.2, 0.25) is 0 Å². The highest BCUT2D eigenvalue weighted by molar-refractivity contribution is 8.33. The van der Waals surface area contributed by atoms with Gasteiger partial charge in [-0.25, -0.2) is 19.9 Å². The summed E-state index contributed by atoms with van der Waals surface area (Å²) in [6.45, 7) is 2.20. The topological polar surface area (TPSA) is 58.0 Å². The lowest BCUT2D eigenvalue weighted by atomic mass is 10.1. The van der Waals surface area contributed by atoms with Crippen molar-refractivity contribution in [2.24, 2.45) is 0 Å². The Labute approximate surface area is 340 Å². The van der Waals surface area contributed by atoms with Crippen LogP contribution in [0.4, 0.5) is 34.3 Å². The molecule has 0 atom stereocenters. The molecule has 0 amide bonds. The molecule has 0 bridgehead atoms. The summed E-state index contributed by atoms with van der Waals surface area (Å²) in [5.41, 5.74) is 9.15. The van der Waals surface area contributed by atoms with Crippen LogP contribution in [-0.4, -0.2) is 38.7 Å². The number of hydrogen-bond acceptors (Lipinski definition) is 7. The minimum Gasteiger partial charge on any atom is -0.307 e. The van der Waals surface area contributed by atoms with Gasteiger partial charge in [-0.3, -0.25) is 4.90 Å². The van der Waals surface area contributed by atoms with Gasteiger partial charge < -0.3 is 4.90 Å². The molecule has 9 rings (SSSR count). The number of benzene rings is 6. The van der Waals surface area contributed by atoms with Crippen molar-refractivity contribution >= 4 is 56.0 Å². The van der Waals surface area contributed by atoms with Crippen LogP contribution < -0.4 is 9.80 Å². The van der Waals surface area contributed by atoms with Gasteiger partial charge in [0.05, 0.1) is 40.2 Å². The third-order valence-corrected chi connectivity index (χ3v) is 14.2. The average molecular weight is 779 g/mol. The standard InChI is InChI=1S/C49H42N6S2/c1-5-34-20-12-13-25-39(34)55(40-26-14-17-29-43(40)56-2)49-38(48-52-46(35-21-8-6-9-22-35)51-47(53-48)36-23-10-7-11-24-36)32-37(33-50-49)54-41-27-15-18-30-44(41)57(3,4)45-31-19-16-28-42(45)54/h6-33H,5H2,1-4H3. The fourth-order valence-corrected chi connectivity index (χ4v) is 10.7. The van der Waals surface area contributed by atoms with Crippen molar-refractivity contribution in [3.05, 3.63) is 176 Å². The smallest absolute Gasteiger partial charge is 0.167 e. The zero-order valence-electron chi connectivity index (χ0n) is 32.4. The quantitative estimate of drug-likeness (QED) is 0.135. The molecule has 0 fully saturated rings. The Balaban J connectivity index is 1.37. The number of nitrogens with zero attached hydrogens (tertiary/aromatic N) is 6. The molecule has 1 aliphatic heterocycles. The Bertz CT molecular complexity index is 2560. The molecule has 0 radical (unpaired) electrons. The van der Waals surface area contributed by atoms with Crippen LogP contribution in [0.25, 0.3) is 34.2 Å². The van der Waals surface area contributed by atoms with Crippen molar-refractivity contribution in [3.8, 4) is 34.2 Å². The van der Waals surface area contributed by atoms with Crippen LogP contribution >= 0.6 is 21.8 Å². The highest BCUT2D eigenvalue weighted by Gasteiger charge is 2.34. The van der Waals surface area contributed by atoms with E-state index < -0.39 is 10.0 Å². The highest BCUT2D eigenvalue weighted by atomic mass is 32.3. The first kappa shape index (κ1) is 36.4. The third kappa shape index (κ3) is 6.64. The maximum Gasteiger partial charge on any atom is 0.167 e. The van der Waals surface area contributed by atoms with Crippen LogP contribution in [0.15, 0.2) is 185 Å². The number of para-hydroxylation sites is 4. The molecule has 2 aromatic heterocycles.